The lowest BCUT2D eigenvalue weighted by Crippen LogP contribution is -2.09. The van der Waals surface area contributed by atoms with Gasteiger partial charge in [-0.1, -0.05) is 13.8 Å². The lowest BCUT2D eigenvalue weighted by Gasteiger charge is -2.09. The van der Waals surface area contributed by atoms with Crippen molar-refractivity contribution in [2.24, 2.45) is 5.92 Å². The van der Waals surface area contributed by atoms with Crippen LogP contribution in [-0.2, 0) is 4.74 Å². The Morgan fingerprint density at radius 1 is 1.50 bits per heavy atom. The Morgan fingerprint density at radius 2 is 2.31 bits per heavy atom. The van der Waals surface area contributed by atoms with E-state index in [9.17, 15) is 0 Å². The highest BCUT2D eigenvalue weighted by atomic mass is 16.5. The van der Waals surface area contributed by atoms with Crippen LogP contribution in [-0.4, -0.2) is 24.7 Å². The maximum atomic E-state index is 5.70. The molecule has 1 aromatic heterocycles. The van der Waals surface area contributed by atoms with Gasteiger partial charge in [0.05, 0.1) is 5.69 Å². The van der Waals surface area contributed by atoms with Gasteiger partial charge in [-0.15, -0.1) is 0 Å². The van der Waals surface area contributed by atoms with Crippen LogP contribution < -0.4 is 11.1 Å². The first-order valence-electron chi connectivity index (χ1n) is 5.72. The molecule has 0 spiro atoms. The standard InChI is InChI=1S/C12H21N3O/c1-10(2)9-16-8-4-7-14-11-5-3-6-15-12(11)13/h3,5-6,10,14H,4,7-9H2,1-2H3,(H2,13,15). The number of rotatable bonds is 7. The Labute approximate surface area is 97.2 Å². The topological polar surface area (TPSA) is 60.2 Å². The van der Waals surface area contributed by atoms with Crippen molar-refractivity contribution in [3.05, 3.63) is 18.3 Å². The van der Waals surface area contributed by atoms with Crippen LogP contribution in [0.15, 0.2) is 18.3 Å². The molecule has 90 valence electrons. The molecule has 0 fully saturated rings. The van der Waals surface area contributed by atoms with E-state index in [1.165, 1.54) is 0 Å². The van der Waals surface area contributed by atoms with Gasteiger partial charge in [0, 0.05) is 26.0 Å². The maximum Gasteiger partial charge on any atom is 0.146 e. The number of hydrogen-bond donors (Lipinski definition) is 2. The van der Waals surface area contributed by atoms with E-state index in [0.29, 0.717) is 11.7 Å². The first kappa shape index (κ1) is 12.8. The number of anilines is 2. The number of aromatic nitrogens is 1. The van der Waals surface area contributed by atoms with Gasteiger partial charge in [-0.25, -0.2) is 4.98 Å². The predicted molar refractivity (Wildman–Crippen MR) is 67.4 cm³/mol. The van der Waals surface area contributed by atoms with Gasteiger partial charge in [0.25, 0.3) is 0 Å². The van der Waals surface area contributed by atoms with Crippen molar-refractivity contribution in [2.75, 3.05) is 30.8 Å². The Kier molecular flexibility index (Phi) is 5.64. The number of nitrogens with zero attached hydrogens (tertiary/aromatic N) is 1. The van der Waals surface area contributed by atoms with E-state index in [-0.39, 0.29) is 0 Å². The number of nitrogens with one attached hydrogen (secondary N) is 1. The molecule has 0 saturated carbocycles. The average Bonchev–Trinajstić information content (AvgIpc) is 2.25. The van der Waals surface area contributed by atoms with Gasteiger partial charge in [0.2, 0.25) is 0 Å². The molecule has 16 heavy (non-hydrogen) atoms. The van der Waals surface area contributed by atoms with Crippen LogP contribution in [0.25, 0.3) is 0 Å². The first-order chi connectivity index (χ1) is 7.70. The first-order valence-corrected chi connectivity index (χ1v) is 5.72. The molecule has 3 N–H and O–H groups in total. The summed E-state index contributed by atoms with van der Waals surface area (Å²) in [7, 11) is 0. The molecule has 4 nitrogen and oxygen atoms in total. The second kappa shape index (κ2) is 7.06. The normalized spacial score (nSPS) is 10.7. The summed E-state index contributed by atoms with van der Waals surface area (Å²) in [6.07, 6.45) is 2.66. The molecule has 1 rings (SSSR count). The zero-order chi connectivity index (χ0) is 11.8. The largest absolute Gasteiger partial charge is 0.382 e. The van der Waals surface area contributed by atoms with Gasteiger partial charge in [-0.2, -0.15) is 0 Å². The summed E-state index contributed by atoms with van der Waals surface area (Å²) in [6, 6.07) is 3.80. The minimum absolute atomic E-state index is 0.547. The molecule has 0 saturated heterocycles. The molecule has 0 aliphatic rings. The number of hydrogen-bond acceptors (Lipinski definition) is 4. The van der Waals surface area contributed by atoms with E-state index in [0.717, 1.165) is 31.9 Å². The summed E-state index contributed by atoms with van der Waals surface area (Å²) >= 11 is 0. The second-order valence-electron chi connectivity index (χ2n) is 4.19. The van der Waals surface area contributed by atoms with Crippen molar-refractivity contribution in [1.29, 1.82) is 0 Å². The summed E-state index contributed by atoms with van der Waals surface area (Å²) in [5.74, 6) is 1.15. The zero-order valence-corrected chi connectivity index (χ0v) is 10.1. The highest BCUT2D eigenvalue weighted by Gasteiger charge is 1.97. The molecule has 4 heteroatoms. The molecule has 0 aliphatic carbocycles. The molecule has 0 unspecified atom stereocenters. The molecule has 0 radical (unpaired) electrons. The van der Waals surface area contributed by atoms with Crippen molar-refractivity contribution >= 4 is 11.5 Å². The van der Waals surface area contributed by atoms with E-state index in [1.807, 2.05) is 12.1 Å². The Bertz CT molecular complexity index is 302. The van der Waals surface area contributed by atoms with Crippen molar-refractivity contribution in [3.8, 4) is 0 Å². The van der Waals surface area contributed by atoms with E-state index >= 15 is 0 Å². The lowest BCUT2D eigenvalue weighted by molar-refractivity contribution is 0.110. The number of nitrogens with two attached hydrogens (primary N) is 1. The van der Waals surface area contributed by atoms with Gasteiger partial charge in [-0.05, 0) is 24.5 Å². The second-order valence-corrected chi connectivity index (χ2v) is 4.19. The molecule has 1 heterocycles. The number of ether oxygens (including phenoxy) is 1. The molecule has 0 bridgehead atoms. The monoisotopic (exact) mass is 223 g/mol. The molecule has 0 atom stereocenters. The Morgan fingerprint density at radius 3 is 3.00 bits per heavy atom. The van der Waals surface area contributed by atoms with Crippen LogP contribution in [0.2, 0.25) is 0 Å². The Balaban J connectivity index is 2.10. The molecule has 0 aliphatic heterocycles. The van der Waals surface area contributed by atoms with Gasteiger partial charge in [-0.3, -0.25) is 0 Å². The van der Waals surface area contributed by atoms with Gasteiger partial charge < -0.3 is 15.8 Å². The van der Waals surface area contributed by atoms with E-state index in [1.54, 1.807) is 6.20 Å². The highest BCUT2D eigenvalue weighted by molar-refractivity contribution is 5.60. The summed E-state index contributed by atoms with van der Waals surface area (Å²) < 4.78 is 5.48. The highest BCUT2D eigenvalue weighted by Crippen LogP contribution is 2.12. The number of pyridine rings is 1. The Hall–Kier alpha value is -1.29. The van der Waals surface area contributed by atoms with E-state index in [4.69, 9.17) is 10.5 Å². The fourth-order valence-electron chi connectivity index (χ4n) is 1.28. The van der Waals surface area contributed by atoms with E-state index < -0.39 is 0 Å². The summed E-state index contributed by atoms with van der Waals surface area (Å²) in [4.78, 5) is 4.00. The maximum absolute atomic E-state index is 5.70. The van der Waals surface area contributed by atoms with Crippen molar-refractivity contribution < 1.29 is 4.74 Å². The minimum atomic E-state index is 0.547. The summed E-state index contributed by atoms with van der Waals surface area (Å²) in [5.41, 5.74) is 6.59. The predicted octanol–water partition coefficient (Wildman–Crippen LogP) is 2.14. The minimum Gasteiger partial charge on any atom is -0.382 e. The molecular weight excluding hydrogens is 202 g/mol. The van der Waals surface area contributed by atoms with Crippen LogP contribution in [0.5, 0.6) is 0 Å². The number of nitrogen functional groups attached to an aromatic ring is 1. The third-order valence-corrected chi connectivity index (χ3v) is 2.07. The van der Waals surface area contributed by atoms with Crippen molar-refractivity contribution in [2.45, 2.75) is 20.3 Å². The summed E-state index contributed by atoms with van der Waals surface area (Å²) in [6.45, 7) is 6.76. The third-order valence-electron chi connectivity index (χ3n) is 2.07. The van der Waals surface area contributed by atoms with Gasteiger partial charge >= 0.3 is 0 Å². The van der Waals surface area contributed by atoms with Gasteiger partial charge in [0.1, 0.15) is 5.82 Å². The fraction of sp³-hybridized carbons (Fsp3) is 0.583. The molecule has 1 aromatic rings. The van der Waals surface area contributed by atoms with E-state index in [2.05, 4.69) is 24.1 Å². The van der Waals surface area contributed by atoms with Gasteiger partial charge in [0.15, 0.2) is 0 Å². The van der Waals surface area contributed by atoms with Crippen LogP contribution in [0.1, 0.15) is 20.3 Å². The molecular formula is C12H21N3O. The average molecular weight is 223 g/mol. The fourth-order valence-corrected chi connectivity index (χ4v) is 1.28. The summed E-state index contributed by atoms with van der Waals surface area (Å²) in [5, 5.41) is 3.23. The third kappa shape index (κ3) is 4.98. The van der Waals surface area contributed by atoms with Crippen molar-refractivity contribution in [1.82, 2.24) is 4.98 Å². The SMILES string of the molecule is CC(C)COCCCNc1cccnc1N. The lowest BCUT2D eigenvalue weighted by atomic mass is 10.2. The quantitative estimate of drug-likeness (QED) is 0.695. The van der Waals surface area contributed by atoms with Crippen molar-refractivity contribution in [3.63, 3.8) is 0 Å². The van der Waals surface area contributed by atoms with Crippen LogP contribution in [0, 0.1) is 5.92 Å². The zero-order valence-electron chi connectivity index (χ0n) is 10.1. The molecule has 0 amide bonds. The van der Waals surface area contributed by atoms with Crippen LogP contribution in [0.3, 0.4) is 0 Å². The smallest absolute Gasteiger partial charge is 0.146 e. The molecule has 0 aromatic carbocycles. The van der Waals surface area contributed by atoms with Crippen LogP contribution >= 0.6 is 0 Å². The van der Waals surface area contributed by atoms with Crippen LogP contribution in [0.4, 0.5) is 11.5 Å².